The predicted molar refractivity (Wildman–Crippen MR) is 48.0 cm³/mol. The summed E-state index contributed by atoms with van der Waals surface area (Å²) in [7, 11) is 0. The highest BCUT2D eigenvalue weighted by molar-refractivity contribution is 5.33. The average Bonchev–Trinajstić information content (AvgIpc) is 1.85. The molecule has 0 aromatic carbocycles. The molecule has 0 atom stereocenters. The van der Waals surface area contributed by atoms with Gasteiger partial charge < -0.3 is 0 Å². The Hall–Kier alpha value is -1.11. The van der Waals surface area contributed by atoms with Crippen molar-refractivity contribution < 1.29 is 4.39 Å². The van der Waals surface area contributed by atoms with E-state index in [9.17, 15) is 4.39 Å². The minimum absolute atomic E-state index is 0.233. The summed E-state index contributed by atoms with van der Waals surface area (Å²) in [4.78, 5) is 0. The van der Waals surface area contributed by atoms with Gasteiger partial charge in [0, 0.05) is 0 Å². The molecule has 0 nitrogen and oxygen atoms in total. The molecule has 0 aliphatic rings. The molecule has 0 aliphatic carbocycles. The van der Waals surface area contributed by atoms with Crippen LogP contribution in [0.3, 0.4) is 0 Å². The number of rotatable bonds is 3. The molecule has 0 spiro atoms. The first-order valence-electron chi connectivity index (χ1n) is 3.39. The van der Waals surface area contributed by atoms with E-state index in [0.29, 0.717) is 5.57 Å². The first kappa shape index (κ1) is 9.89. The Kier molecular flexibility index (Phi) is 4.20. The lowest BCUT2D eigenvalue weighted by molar-refractivity contribution is 0.640. The highest BCUT2D eigenvalue weighted by atomic mass is 19.1. The maximum absolute atomic E-state index is 12.3. The van der Waals surface area contributed by atoms with Crippen LogP contribution >= 0.6 is 0 Å². The van der Waals surface area contributed by atoms with Crippen molar-refractivity contribution in [3.8, 4) is 0 Å². The van der Waals surface area contributed by atoms with E-state index in [4.69, 9.17) is 0 Å². The van der Waals surface area contributed by atoms with Crippen molar-refractivity contribution in [2.75, 3.05) is 0 Å². The van der Waals surface area contributed by atoms with Crippen LogP contribution in [-0.4, -0.2) is 0 Å². The van der Waals surface area contributed by atoms with Crippen molar-refractivity contribution in [2.24, 2.45) is 0 Å². The normalized spacial score (nSPS) is 13.0. The van der Waals surface area contributed by atoms with E-state index in [1.807, 2.05) is 6.92 Å². The Morgan fingerprint density at radius 3 is 2.18 bits per heavy atom. The summed E-state index contributed by atoms with van der Waals surface area (Å²) in [6, 6.07) is 0. The van der Waals surface area contributed by atoms with E-state index < -0.39 is 0 Å². The third-order valence-corrected chi connectivity index (χ3v) is 1.12. The molecule has 0 fully saturated rings. The van der Waals surface area contributed by atoms with Crippen molar-refractivity contribution in [2.45, 2.75) is 13.8 Å². The summed E-state index contributed by atoms with van der Waals surface area (Å²) in [6.07, 6.45) is 4.86. The van der Waals surface area contributed by atoms with E-state index in [1.54, 1.807) is 12.2 Å². The van der Waals surface area contributed by atoms with Gasteiger partial charge >= 0.3 is 0 Å². The van der Waals surface area contributed by atoms with E-state index in [2.05, 4.69) is 13.2 Å². The molecule has 0 radical (unpaired) electrons. The van der Waals surface area contributed by atoms with Crippen LogP contribution in [0.2, 0.25) is 0 Å². The molecular formula is C10H13F. The van der Waals surface area contributed by atoms with Gasteiger partial charge in [0.25, 0.3) is 0 Å². The summed E-state index contributed by atoms with van der Waals surface area (Å²) in [6.45, 7) is 10.5. The molecule has 11 heavy (non-hydrogen) atoms. The standard InChI is InChI=1S/C10H13F/c1-5-8(2)6-9(3)7-10(4)11/h5-7H,1,3H2,2,4H3/b8-6+,10-7+. The lowest BCUT2D eigenvalue weighted by Gasteiger charge is -1.92. The fourth-order valence-corrected chi connectivity index (χ4v) is 0.648. The van der Waals surface area contributed by atoms with Gasteiger partial charge in [0.1, 0.15) is 0 Å². The third-order valence-electron chi connectivity index (χ3n) is 1.12. The molecule has 0 aromatic rings. The van der Waals surface area contributed by atoms with E-state index in [-0.39, 0.29) is 5.83 Å². The molecule has 0 amide bonds. The fourth-order valence-electron chi connectivity index (χ4n) is 0.648. The number of hydrogen-bond acceptors (Lipinski definition) is 0. The summed E-state index contributed by atoms with van der Waals surface area (Å²) in [5.41, 5.74) is 1.63. The highest BCUT2D eigenvalue weighted by Crippen LogP contribution is 2.05. The molecule has 0 saturated heterocycles. The summed E-state index contributed by atoms with van der Waals surface area (Å²) in [5, 5.41) is 0. The Bertz CT molecular complexity index is 215. The molecule has 0 aliphatic heterocycles. The van der Waals surface area contributed by atoms with Crippen LogP contribution in [0.1, 0.15) is 13.8 Å². The van der Waals surface area contributed by atoms with Crippen LogP contribution in [0.15, 0.2) is 48.4 Å². The first-order valence-corrected chi connectivity index (χ1v) is 3.39. The van der Waals surface area contributed by atoms with Crippen molar-refractivity contribution in [1.82, 2.24) is 0 Å². The molecule has 0 N–H and O–H groups in total. The first-order chi connectivity index (χ1) is 5.06. The topological polar surface area (TPSA) is 0 Å². The molecule has 0 bridgehead atoms. The second kappa shape index (κ2) is 4.67. The van der Waals surface area contributed by atoms with Crippen molar-refractivity contribution in [1.29, 1.82) is 0 Å². The zero-order chi connectivity index (χ0) is 8.85. The van der Waals surface area contributed by atoms with Crippen molar-refractivity contribution >= 4 is 0 Å². The molecule has 0 unspecified atom stereocenters. The van der Waals surface area contributed by atoms with Gasteiger partial charge in [0.2, 0.25) is 0 Å². The predicted octanol–water partition coefficient (Wildman–Crippen LogP) is 3.55. The zero-order valence-electron chi connectivity index (χ0n) is 7.02. The summed E-state index contributed by atoms with van der Waals surface area (Å²) >= 11 is 0. The molecule has 0 rings (SSSR count). The van der Waals surface area contributed by atoms with Crippen molar-refractivity contribution in [3.05, 3.63) is 48.4 Å². The van der Waals surface area contributed by atoms with Gasteiger partial charge in [-0.1, -0.05) is 30.9 Å². The molecule has 0 aromatic heterocycles. The quantitative estimate of drug-likeness (QED) is 0.542. The Morgan fingerprint density at radius 2 is 1.82 bits per heavy atom. The number of allylic oxidation sites excluding steroid dienone is 6. The molecular weight excluding hydrogens is 139 g/mol. The SMILES string of the molecule is C=C/C(C)=C/C(=C)/C=C(\C)F. The Balaban J connectivity index is 4.30. The van der Waals surface area contributed by atoms with Crippen LogP contribution in [0.4, 0.5) is 4.39 Å². The van der Waals surface area contributed by atoms with Gasteiger partial charge in [-0.2, -0.15) is 0 Å². The largest absolute Gasteiger partial charge is 0.212 e. The van der Waals surface area contributed by atoms with E-state index >= 15 is 0 Å². The number of hydrogen-bond donors (Lipinski definition) is 0. The lowest BCUT2D eigenvalue weighted by Crippen LogP contribution is -1.72. The molecule has 1 heteroatoms. The van der Waals surface area contributed by atoms with Gasteiger partial charge in [-0.25, -0.2) is 4.39 Å². The summed E-state index contributed by atoms with van der Waals surface area (Å²) in [5.74, 6) is -0.233. The molecule has 0 heterocycles. The van der Waals surface area contributed by atoms with Gasteiger partial charge in [-0.05, 0) is 25.5 Å². The van der Waals surface area contributed by atoms with E-state index in [1.165, 1.54) is 13.0 Å². The fraction of sp³-hybridized carbons (Fsp3) is 0.200. The van der Waals surface area contributed by atoms with Crippen LogP contribution in [-0.2, 0) is 0 Å². The van der Waals surface area contributed by atoms with Gasteiger partial charge in [0.15, 0.2) is 0 Å². The van der Waals surface area contributed by atoms with E-state index in [0.717, 1.165) is 5.57 Å². The average molecular weight is 152 g/mol. The van der Waals surface area contributed by atoms with Gasteiger partial charge in [-0.15, -0.1) is 0 Å². The molecule has 60 valence electrons. The monoisotopic (exact) mass is 152 g/mol. The minimum atomic E-state index is -0.233. The number of halogens is 1. The van der Waals surface area contributed by atoms with Crippen LogP contribution < -0.4 is 0 Å². The Labute approximate surface area is 67.4 Å². The van der Waals surface area contributed by atoms with Gasteiger partial charge in [-0.3, -0.25) is 0 Å². The summed E-state index contributed by atoms with van der Waals surface area (Å²) < 4.78 is 12.3. The van der Waals surface area contributed by atoms with Crippen LogP contribution in [0, 0.1) is 0 Å². The Morgan fingerprint density at radius 1 is 1.27 bits per heavy atom. The molecule has 0 saturated carbocycles. The zero-order valence-corrected chi connectivity index (χ0v) is 7.02. The smallest absolute Gasteiger partial charge is 0.0974 e. The second-order valence-electron chi connectivity index (χ2n) is 2.40. The van der Waals surface area contributed by atoms with Crippen LogP contribution in [0.25, 0.3) is 0 Å². The van der Waals surface area contributed by atoms with Crippen LogP contribution in [0.5, 0.6) is 0 Å². The highest BCUT2D eigenvalue weighted by Gasteiger charge is 1.86. The maximum atomic E-state index is 12.3. The lowest BCUT2D eigenvalue weighted by atomic mass is 10.2. The maximum Gasteiger partial charge on any atom is 0.0974 e. The third kappa shape index (κ3) is 5.34. The van der Waals surface area contributed by atoms with Crippen molar-refractivity contribution in [3.63, 3.8) is 0 Å². The second-order valence-corrected chi connectivity index (χ2v) is 2.40. The van der Waals surface area contributed by atoms with Gasteiger partial charge in [0.05, 0.1) is 5.83 Å². The minimum Gasteiger partial charge on any atom is -0.212 e.